The third-order valence-electron chi connectivity index (χ3n) is 3.07. The summed E-state index contributed by atoms with van der Waals surface area (Å²) in [4.78, 5) is 11.4. The van der Waals surface area contributed by atoms with E-state index in [0.29, 0.717) is 11.5 Å². The quantitative estimate of drug-likeness (QED) is 0.659. The van der Waals surface area contributed by atoms with Crippen LogP contribution in [0.2, 0.25) is 0 Å². The molecule has 1 aliphatic heterocycles. The van der Waals surface area contributed by atoms with Gasteiger partial charge in [-0.1, -0.05) is 0 Å². The molecule has 0 fully saturated rings. The molecule has 5 heteroatoms. The van der Waals surface area contributed by atoms with E-state index in [2.05, 4.69) is 10.1 Å². The number of carbonyl (C=O) groups is 1. The van der Waals surface area contributed by atoms with Gasteiger partial charge in [-0.2, -0.15) is 0 Å². The minimum Gasteiger partial charge on any atom is -0.493 e. The number of hydrogen-bond acceptors (Lipinski definition) is 5. The minimum atomic E-state index is -0.384. The number of hydrogen-bond donors (Lipinski definition) is 1. The molecular formula is C14H17NO4. The lowest BCUT2D eigenvalue weighted by Gasteiger charge is -2.22. The smallest absolute Gasteiger partial charge is 0.332 e. The van der Waals surface area contributed by atoms with E-state index in [1.54, 1.807) is 14.2 Å². The maximum Gasteiger partial charge on any atom is 0.332 e. The molecule has 0 atom stereocenters. The van der Waals surface area contributed by atoms with E-state index in [0.717, 1.165) is 29.8 Å². The first-order chi connectivity index (χ1) is 9.19. The highest BCUT2D eigenvalue weighted by Crippen LogP contribution is 2.34. The fourth-order valence-electron chi connectivity index (χ4n) is 2.11. The molecule has 5 nitrogen and oxygen atoms in total. The highest BCUT2D eigenvalue weighted by atomic mass is 16.5. The van der Waals surface area contributed by atoms with E-state index in [-0.39, 0.29) is 5.97 Å². The van der Waals surface area contributed by atoms with Crippen molar-refractivity contribution in [3.05, 3.63) is 29.3 Å². The monoisotopic (exact) mass is 263 g/mol. The molecule has 0 saturated carbocycles. The molecule has 0 aromatic heterocycles. The van der Waals surface area contributed by atoms with E-state index in [1.807, 2.05) is 12.1 Å². The number of ether oxygens (including phenoxy) is 3. The van der Waals surface area contributed by atoms with E-state index >= 15 is 0 Å². The van der Waals surface area contributed by atoms with Crippen LogP contribution in [-0.4, -0.2) is 33.8 Å². The third-order valence-corrected chi connectivity index (χ3v) is 3.07. The van der Waals surface area contributed by atoms with Crippen LogP contribution < -0.4 is 14.8 Å². The SMILES string of the molecule is COC(=O)/C=C1\NCCc2cc(OC)c(OC)cc21. The van der Waals surface area contributed by atoms with Gasteiger partial charge in [0.15, 0.2) is 11.5 Å². The second kappa shape index (κ2) is 5.65. The van der Waals surface area contributed by atoms with Crippen molar-refractivity contribution in [1.82, 2.24) is 5.32 Å². The molecule has 2 rings (SSSR count). The van der Waals surface area contributed by atoms with Crippen LogP contribution in [-0.2, 0) is 16.0 Å². The largest absolute Gasteiger partial charge is 0.493 e. The highest BCUT2D eigenvalue weighted by molar-refractivity contribution is 5.92. The van der Waals surface area contributed by atoms with Gasteiger partial charge in [0.2, 0.25) is 0 Å². The summed E-state index contributed by atoms with van der Waals surface area (Å²) in [5, 5.41) is 3.19. The predicted octanol–water partition coefficient (Wildman–Crippen LogP) is 1.36. The first-order valence-corrected chi connectivity index (χ1v) is 5.98. The van der Waals surface area contributed by atoms with Crippen LogP contribution in [0.25, 0.3) is 5.70 Å². The lowest BCUT2D eigenvalue weighted by atomic mass is 9.97. The van der Waals surface area contributed by atoms with Crippen LogP contribution in [0, 0.1) is 0 Å². The van der Waals surface area contributed by atoms with Gasteiger partial charge < -0.3 is 19.5 Å². The molecule has 1 N–H and O–H groups in total. The molecule has 0 saturated heterocycles. The molecule has 19 heavy (non-hydrogen) atoms. The number of carbonyl (C=O) groups excluding carboxylic acids is 1. The zero-order valence-corrected chi connectivity index (χ0v) is 11.3. The highest BCUT2D eigenvalue weighted by Gasteiger charge is 2.18. The second-order valence-electron chi connectivity index (χ2n) is 4.12. The van der Waals surface area contributed by atoms with Crippen molar-refractivity contribution < 1.29 is 19.0 Å². The van der Waals surface area contributed by atoms with Crippen molar-refractivity contribution in [3.63, 3.8) is 0 Å². The van der Waals surface area contributed by atoms with Gasteiger partial charge in [0.05, 0.1) is 21.3 Å². The molecule has 0 bridgehead atoms. The van der Waals surface area contributed by atoms with Gasteiger partial charge in [-0.25, -0.2) is 4.79 Å². The Hall–Kier alpha value is -2.17. The maximum absolute atomic E-state index is 11.4. The molecule has 1 aromatic rings. The molecule has 0 radical (unpaired) electrons. The molecule has 1 heterocycles. The Balaban J connectivity index is 2.49. The van der Waals surface area contributed by atoms with Crippen molar-refractivity contribution in [3.8, 4) is 11.5 Å². The molecule has 1 aliphatic rings. The van der Waals surface area contributed by atoms with E-state index in [1.165, 1.54) is 13.2 Å². The molecular weight excluding hydrogens is 246 g/mol. The molecule has 0 aliphatic carbocycles. The van der Waals surface area contributed by atoms with Crippen molar-refractivity contribution in [1.29, 1.82) is 0 Å². The summed E-state index contributed by atoms with van der Waals surface area (Å²) in [6, 6.07) is 3.81. The van der Waals surface area contributed by atoms with Crippen LogP contribution in [0.5, 0.6) is 11.5 Å². The Bertz CT molecular complexity index is 522. The van der Waals surface area contributed by atoms with Crippen molar-refractivity contribution in [2.24, 2.45) is 0 Å². The van der Waals surface area contributed by atoms with Gasteiger partial charge in [0.25, 0.3) is 0 Å². The number of methoxy groups -OCH3 is 3. The molecule has 1 aromatic carbocycles. The van der Waals surface area contributed by atoms with Crippen LogP contribution >= 0.6 is 0 Å². The van der Waals surface area contributed by atoms with Crippen LogP contribution in [0.4, 0.5) is 0 Å². The Labute approximate surface area is 112 Å². The first kappa shape index (κ1) is 13.3. The molecule has 102 valence electrons. The van der Waals surface area contributed by atoms with Gasteiger partial charge in [0.1, 0.15) is 0 Å². The van der Waals surface area contributed by atoms with Crippen LogP contribution in [0.3, 0.4) is 0 Å². The van der Waals surface area contributed by atoms with Gasteiger partial charge in [-0.15, -0.1) is 0 Å². The van der Waals surface area contributed by atoms with Crippen LogP contribution in [0.1, 0.15) is 11.1 Å². The average Bonchev–Trinajstić information content (AvgIpc) is 2.45. The lowest BCUT2D eigenvalue weighted by molar-refractivity contribution is -0.134. The standard InChI is InChI=1S/C14H17NO4/c1-17-12-6-9-4-5-15-11(8-14(16)19-3)10(9)7-13(12)18-2/h6-8,15H,4-5H2,1-3H3/b11-8-. The number of nitrogens with one attached hydrogen (secondary N) is 1. The Morgan fingerprint density at radius 2 is 1.89 bits per heavy atom. The van der Waals surface area contributed by atoms with Gasteiger partial charge in [0, 0.05) is 23.9 Å². The summed E-state index contributed by atoms with van der Waals surface area (Å²) in [6.45, 7) is 0.769. The zero-order valence-electron chi connectivity index (χ0n) is 11.3. The topological polar surface area (TPSA) is 56.8 Å². The number of fused-ring (bicyclic) bond motifs is 1. The van der Waals surface area contributed by atoms with Crippen LogP contribution in [0.15, 0.2) is 18.2 Å². The average molecular weight is 263 g/mol. The summed E-state index contributed by atoms with van der Waals surface area (Å²) in [5.74, 6) is 0.950. The zero-order chi connectivity index (χ0) is 13.8. The number of esters is 1. The summed E-state index contributed by atoms with van der Waals surface area (Å²) in [5.41, 5.74) is 2.80. The predicted molar refractivity (Wildman–Crippen MR) is 71.2 cm³/mol. The summed E-state index contributed by atoms with van der Waals surface area (Å²) >= 11 is 0. The fourth-order valence-corrected chi connectivity index (χ4v) is 2.11. The number of rotatable bonds is 3. The van der Waals surface area contributed by atoms with Gasteiger partial charge in [-0.3, -0.25) is 0 Å². The van der Waals surface area contributed by atoms with Gasteiger partial charge >= 0.3 is 5.97 Å². The number of benzene rings is 1. The summed E-state index contributed by atoms with van der Waals surface area (Å²) < 4.78 is 15.2. The second-order valence-corrected chi connectivity index (χ2v) is 4.12. The van der Waals surface area contributed by atoms with Crippen molar-refractivity contribution >= 4 is 11.7 Å². The van der Waals surface area contributed by atoms with Crippen molar-refractivity contribution in [2.75, 3.05) is 27.9 Å². The van der Waals surface area contributed by atoms with E-state index < -0.39 is 0 Å². The minimum absolute atomic E-state index is 0.384. The fraction of sp³-hybridized carbons (Fsp3) is 0.357. The van der Waals surface area contributed by atoms with E-state index in [9.17, 15) is 4.79 Å². The summed E-state index contributed by atoms with van der Waals surface area (Å²) in [7, 11) is 4.55. The Morgan fingerprint density at radius 3 is 2.53 bits per heavy atom. The molecule has 0 spiro atoms. The Morgan fingerprint density at radius 1 is 1.21 bits per heavy atom. The van der Waals surface area contributed by atoms with Crippen molar-refractivity contribution in [2.45, 2.75) is 6.42 Å². The molecule has 0 unspecified atom stereocenters. The summed E-state index contributed by atoms with van der Waals surface area (Å²) in [6.07, 6.45) is 2.32. The lowest BCUT2D eigenvalue weighted by Crippen LogP contribution is -2.23. The van der Waals surface area contributed by atoms with Gasteiger partial charge in [-0.05, 0) is 24.1 Å². The normalized spacial score (nSPS) is 15.4. The maximum atomic E-state index is 11.4. The Kier molecular flexibility index (Phi) is 3.94. The molecule has 0 amide bonds. The third kappa shape index (κ3) is 2.65. The first-order valence-electron chi connectivity index (χ1n) is 5.98. The van der Waals surface area contributed by atoms with E-state index in [4.69, 9.17) is 9.47 Å².